The molecule has 0 radical (unpaired) electrons. The maximum atomic E-state index is 5.69. The number of thiazole rings is 1. The van der Waals surface area contributed by atoms with Crippen LogP contribution in [0.4, 0.5) is 0 Å². The molecule has 0 saturated carbocycles. The fraction of sp³-hybridized carbons (Fsp3) is 0.400. The van der Waals surface area contributed by atoms with E-state index >= 15 is 0 Å². The predicted molar refractivity (Wildman–Crippen MR) is 79.7 cm³/mol. The van der Waals surface area contributed by atoms with E-state index in [-0.39, 0.29) is 0 Å². The summed E-state index contributed by atoms with van der Waals surface area (Å²) in [6.45, 7) is 2.75. The fourth-order valence-electron chi connectivity index (χ4n) is 1.75. The first kappa shape index (κ1) is 14.0. The molecule has 1 atom stereocenters. The van der Waals surface area contributed by atoms with Crippen LogP contribution in [0.1, 0.15) is 23.9 Å². The van der Waals surface area contributed by atoms with Crippen molar-refractivity contribution in [3.05, 3.63) is 46.4 Å². The Balaban J connectivity index is 1.81. The Morgan fingerprint density at radius 2 is 2.11 bits per heavy atom. The van der Waals surface area contributed by atoms with Gasteiger partial charge in [0.2, 0.25) is 0 Å². The lowest BCUT2D eigenvalue weighted by atomic mass is 10.1. The van der Waals surface area contributed by atoms with Gasteiger partial charge in [-0.15, -0.1) is 11.3 Å². The zero-order valence-corrected chi connectivity index (χ0v) is 12.2. The summed E-state index contributed by atoms with van der Waals surface area (Å²) < 4.78 is 5.69. The van der Waals surface area contributed by atoms with Gasteiger partial charge in [-0.1, -0.05) is 12.1 Å². The Kier molecular flexibility index (Phi) is 5.36. The molecule has 4 heteroatoms. The van der Waals surface area contributed by atoms with Crippen molar-refractivity contribution in [1.82, 2.24) is 10.3 Å². The summed E-state index contributed by atoms with van der Waals surface area (Å²) in [5.74, 6) is 0.903. The molecule has 0 bridgehead atoms. The van der Waals surface area contributed by atoms with Crippen LogP contribution in [0, 0.1) is 0 Å². The number of hydrogen-bond acceptors (Lipinski definition) is 4. The molecule has 1 unspecified atom stereocenters. The summed E-state index contributed by atoms with van der Waals surface area (Å²) in [5, 5.41) is 6.22. The molecule has 2 aromatic rings. The lowest BCUT2D eigenvalue weighted by molar-refractivity contribution is 0.305. The molecule has 0 aliphatic carbocycles. The van der Waals surface area contributed by atoms with Crippen LogP contribution < -0.4 is 10.1 Å². The lowest BCUT2D eigenvalue weighted by Gasteiger charge is -2.10. The van der Waals surface area contributed by atoms with Crippen LogP contribution in [-0.2, 0) is 13.0 Å². The molecule has 0 saturated heterocycles. The van der Waals surface area contributed by atoms with Crippen molar-refractivity contribution in [2.45, 2.75) is 32.4 Å². The molecule has 3 nitrogen and oxygen atoms in total. The number of benzene rings is 1. The van der Waals surface area contributed by atoms with Gasteiger partial charge < -0.3 is 10.1 Å². The second-order valence-corrected chi connectivity index (χ2v) is 5.57. The third kappa shape index (κ3) is 4.65. The molecule has 0 spiro atoms. The molecular weight excluding hydrogens is 256 g/mol. The molecular formula is C15H20N2OS. The van der Waals surface area contributed by atoms with E-state index in [1.54, 1.807) is 17.5 Å². The van der Waals surface area contributed by atoms with E-state index in [1.165, 1.54) is 5.56 Å². The fourth-order valence-corrected chi connectivity index (χ4v) is 2.28. The summed E-state index contributed by atoms with van der Waals surface area (Å²) in [6.07, 6.45) is 4.04. The normalized spacial score (nSPS) is 12.3. The van der Waals surface area contributed by atoms with Crippen LogP contribution in [0.3, 0.4) is 0 Å². The van der Waals surface area contributed by atoms with Gasteiger partial charge >= 0.3 is 0 Å². The summed E-state index contributed by atoms with van der Waals surface area (Å²) in [7, 11) is 2.00. The average molecular weight is 276 g/mol. The third-order valence-electron chi connectivity index (χ3n) is 3.13. The second kappa shape index (κ2) is 7.26. The molecule has 2 rings (SSSR count). The number of nitrogens with zero attached hydrogens (tertiary/aromatic N) is 1. The van der Waals surface area contributed by atoms with Crippen molar-refractivity contribution in [1.29, 1.82) is 0 Å². The first-order chi connectivity index (χ1) is 9.28. The Morgan fingerprint density at radius 3 is 2.74 bits per heavy atom. The molecule has 0 fully saturated rings. The van der Waals surface area contributed by atoms with Gasteiger partial charge in [0.25, 0.3) is 0 Å². The summed E-state index contributed by atoms with van der Waals surface area (Å²) in [5.41, 5.74) is 1.35. The summed E-state index contributed by atoms with van der Waals surface area (Å²) >= 11 is 1.62. The minimum Gasteiger partial charge on any atom is -0.486 e. The molecule has 0 aliphatic rings. The van der Waals surface area contributed by atoms with Crippen molar-refractivity contribution in [2.75, 3.05) is 7.05 Å². The van der Waals surface area contributed by atoms with E-state index < -0.39 is 0 Å². The molecule has 19 heavy (non-hydrogen) atoms. The van der Waals surface area contributed by atoms with Gasteiger partial charge in [0, 0.05) is 17.6 Å². The number of ether oxygens (including phenoxy) is 1. The third-order valence-corrected chi connectivity index (χ3v) is 3.88. The molecule has 0 aliphatic heterocycles. The maximum Gasteiger partial charge on any atom is 0.140 e. The summed E-state index contributed by atoms with van der Waals surface area (Å²) in [4.78, 5) is 4.19. The highest BCUT2D eigenvalue weighted by Crippen LogP contribution is 2.16. The predicted octanol–water partition coefficient (Wildman–Crippen LogP) is 3.26. The number of aryl methyl sites for hydroxylation is 1. The quantitative estimate of drug-likeness (QED) is 0.843. The van der Waals surface area contributed by atoms with Gasteiger partial charge in [-0.2, -0.15) is 0 Å². The van der Waals surface area contributed by atoms with E-state index in [4.69, 9.17) is 4.74 Å². The van der Waals surface area contributed by atoms with Gasteiger partial charge in [0.15, 0.2) is 0 Å². The smallest absolute Gasteiger partial charge is 0.140 e. The standard InChI is InChI=1S/C15H20N2OS/c1-12(16-2)3-4-13-5-7-14(8-6-13)18-11-15-17-9-10-19-15/h5-10,12,16H,3-4,11H2,1-2H3. The van der Waals surface area contributed by atoms with Crippen LogP contribution in [0.2, 0.25) is 0 Å². The van der Waals surface area contributed by atoms with Gasteiger partial charge in [-0.05, 0) is 44.5 Å². The van der Waals surface area contributed by atoms with Gasteiger partial charge in [0.1, 0.15) is 17.4 Å². The Labute approximate surface area is 118 Å². The van der Waals surface area contributed by atoms with Gasteiger partial charge in [0.05, 0.1) is 0 Å². The topological polar surface area (TPSA) is 34.1 Å². The molecule has 102 valence electrons. The number of hydrogen-bond donors (Lipinski definition) is 1. The summed E-state index contributed by atoms with van der Waals surface area (Å²) in [6, 6.07) is 8.90. The lowest BCUT2D eigenvalue weighted by Crippen LogP contribution is -2.21. The van der Waals surface area contributed by atoms with E-state index in [1.807, 2.05) is 24.6 Å². The van der Waals surface area contributed by atoms with Crippen LogP contribution in [0.15, 0.2) is 35.8 Å². The molecule has 1 heterocycles. The van der Waals surface area contributed by atoms with Crippen molar-refractivity contribution in [3.8, 4) is 5.75 Å². The minimum atomic E-state index is 0.549. The van der Waals surface area contributed by atoms with Crippen LogP contribution in [0.25, 0.3) is 0 Å². The first-order valence-electron chi connectivity index (χ1n) is 6.55. The van der Waals surface area contributed by atoms with E-state index in [9.17, 15) is 0 Å². The van der Waals surface area contributed by atoms with Crippen molar-refractivity contribution >= 4 is 11.3 Å². The maximum absolute atomic E-state index is 5.69. The van der Waals surface area contributed by atoms with E-state index in [0.717, 1.165) is 23.6 Å². The molecule has 1 aromatic carbocycles. The highest BCUT2D eigenvalue weighted by atomic mass is 32.1. The number of aromatic nitrogens is 1. The largest absolute Gasteiger partial charge is 0.486 e. The van der Waals surface area contributed by atoms with E-state index in [0.29, 0.717) is 12.6 Å². The monoisotopic (exact) mass is 276 g/mol. The first-order valence-corrected chi connectivity index (χ1v) is 7.43. The van der Waals surface area contributed by atoms with E-state index in [2.05, 4.69) is 29.4 Å². The zero-order valence-electron chi connectivity index (χ0n) is 11.4. The van der Waals surface area contributed by atoms with Crippen molar-refractivity contribution in [2.24, 2.45) is 0 Å². The Bertz CT molecular complexity index is 467. The highest BCUT2D eigenvalue weighted by molar-refractivity contribution is 7.09. The number of rotatable bonds is 7. The molecule has 0 amide bonds. The van der Waals surface area contributed by atoms with Crippen LogP contribution in [0.5, 0.6) is 5.75 Å². The average Bonchev–Trinajstić information content (AvgIpc) is 2.97. The molecule has 1 aromatic heterocycles. The molecule has 1 N–H and O–H groups in total. The van der Waals surface area contributed by atoms with Gasteiger partial charge in [-0.25, -0.2) is 4.98 Å². The number of nitrogens with one attached hydrogen (secondary N) is 1. The van der Waals surface area contributed by atoms with Crippen LogP contribution >= 0.6 is 11.3 Å². The van der Waals surface area contributed by atoms with Crippen molar-refractivity contribution in [3.63, 3.8) is 0 Å². The Morgan fingerprint density at radius 1 is 1.32 bits per heavy atom. The van der Waals surface area contributed by atoms with Crippen LogP contribution in [-0.4, -0.2) is 18.1 Å². The Hall–Kier alpha value is -1.39. The van der Waals surface area contributed by atoms with Crippen molar-refractivity contribution < 1.29 is 4.74 Å². The van der Waals surface area contributed by atoms with Gasteiger partial charge in [-0.3, -0.25) is 0 Å². The highest BCUT2D eigenvalue weighted by Gasteiger charge is 2.01. The minimum absolute atomic E-state index is 0.549. The zero-order chi connectivity index (χ0) is 13.5. The SMILES string of the molecule is CNC(C)CCc1ccc(OCc2nccs2)cc1. The second-order valence-electron chi connectivity index (χ2n) is 4.59.